The molecule has 1 aliphatic heterocycles. The predicted octanol–water partition coefficient (Wildman–Crippen LogP) is 2.46. The highest BCUT2D eigenvalue weighted by Gasteiger charge is 2.37. The number of rotatable bonds is 3. The van der Waals surface area contributed by atoms with Crippen LogP contribution >= 0.6 is 0 Å². The van der Waals surface area contributed by atoms with E-state index in [0.29, 0.717) is 6.10 Å². The van der Waals surface area contributed by atoms with Gasteiger partial charge in [-0.2, -0.15) is 0 Å². The van der Waals surface area contributed by atoms with Crippen molar-refractivity contribution in [2.45, 2.75) is 63.5 Å². The van der Waals surface area contributed by atoms with Gasteiger partial charge < -0.3 is 10.5 Å². The normalized spacial score (nSPS) is 43.3. The zero-order valence-electron chi connectivity index (χ0n) is 9.30. The molecule has 0 aromatic carbocycles. The molecule has 2 nitrogen and oxygen atoms in total. The van der Waals surface area contributed by atoms with Gasteiger partial charge >= 0.3 is 0 Å². The highest BCUT2D eigenvalue weighted by atomic mass is 16.5. The molecule has 1 saturated heterocycles. The first-order valence-electron chi connectivity index (χ1n) is 6.12. The minimum absolute atomic E-state index is 0.107. The minimum atomic E-state index is 0.107. The molecule has 2 aliphatic rings. The average Bonchev–Trinajstić information content (AvgIpc) is 2.76. The predicted molar refractivity (Wildman–Crippen MR) is 58.1 cm³/mol. The first-order valence-corrected chi connectivity index (χ1v) is 6.12. The molecule has 1 aliphatic carbocycles. The zero-order chi connectivity index (χ0) is 10.0. The van der Waals surface area contributed by atoms with Crippen LogP contribution in [0, 0.1) is 5.92 Å². The van der Waals surface area contributed by atoms with Crippen LogP contribution in [0.3, 0.4) is 0 Å². The second-order valence-corrected chi connectivity index (χ2v) is 5.22. The summed E-state index contributed by atoms with van der Waals surface area (Å²) in [5, 5.41) is 0. The van der Waals surface area contributed by atoms with Gasteiger partial charge in [0.15, 0.2) is 0 Å². The van der Waals surface area contributed by atoms with E-state index in [1.54, 1.807) is 0 Å². The van der Waals surface area contributed by atoms with E-state index in [9.17, 15) is 0 Å². The lowest BCUT2D eigenvalue weighted by Crippen LogP contribution is -2.40. The Kier molecular flexibility index (Phi) is 3.13. The maximum atomic E-state index is 6.42. The van der Waals surface area contributed by atoms with Crippen molar-refractivity contribution in [2.24, 2.45) is 11.7 Å². The van der Waals surface area contributed by atoms with Crippen LogP contribution < -0.4 is 5.73 Å². The largest absolute Gasteiger partial charge is 0.378 e. The topological polar surface area (TPSA) is 35.2 Å². The lowest BCUT2D eigenvalue weighted by Gasteiger charge is -2.27. The summed E-state index contributed by atoms with van der Waals surface area (Å²) in [6, 6.07) is 0. The third-order valence-corrected chi connectivity index (χ3v) is 3.98. The van der Waals surface area contributed by atoms with E-state index < -0.39 is 0 Å². The van der Waals surface area contributed by atoms with Crippen molar-refractivity contribution in [3.63, 3.8) is 0 Å². The van der Waals surface area contributed by atoms with Crippen molar-refractivity contribution >= 4 is 0 Å². The van der Waals surface area contributed by atoms with Crippen LogP contribution in [-0.4, -0.2) is 18.2 Å². The van der Waals surface area contributed by atoms with Crippen molar-refractivity contribution in [1.82, 2.24) is 0 Å². The van der Waals surface area contributed by atoms with E-state index >= 15 is 0 Å². The van der Waals surface area contributed by atoms with Crippen LogP contribution in [0.4, 0.5) is 0 Å². The summed E-state index contributed by atoms with van der Waals surface area (Å²) >= 11 is 0. The highest BCUT2D eigenvalue weighted by molar-refractivity contribution is 4.95. The molecule has 3 atom stereocenters. The van der Waals surface area contributed by atoms with Crippen molar-refractivity contribution in [3.05, 3.63) is 0 Å². The Morgan fingerprint density at radius 2 is 2.29 bits per heavy atom. The summed E-state index contributed by atoms with van der Waals surface area (Å²) in [6.45, 7) is 3.24. The highest BCUT2D eigenvalue weighted by Crippen LogP contribution is 2.38. The Hall–Kier alpha value is -0.0800. The van der Waals surface area contributed by atoms with Crippen molar-refractivity contribution < 1.29 is 4.74 Å². The quantitative estimate of drug-likeness (QED) is 0.754. The third kappa shape index (κ3) is 2.29. The van der Waals surface area contributed by atoms with Gasteiger partial charge in [-0.1, -0.05) is 13.3 Å². The van der Waals surface area contributed by atoms with Gasteiger partial charge in [-0.15, -0.1) is 0 Å². The van der Waals surface area contributed by atoms with Gasteiger partial charge in [0.25, 0.3) is 0 Å². The van der Waals surface area contributed by atoms with E-state index in [-0.39, 0.29) is 5.54 Å². The maximum Gasteiger partial charge on any atom is 0.0593 e. The molecule has 0 spiro atoms. The number of hydrogen-bond donors (Lipinski definition) is 1. The molecule has 0 aromatic heterocycles. The first kappa shape index (κ1) is 10.4. The second kappa shape index (κ2) is 4.19. The summed E-state index contributed by atoms with van der Waals surface area (Å²) in [6.07, 6.45) is 9.10. The average molecular weight is 197 g/mol. The minimum Gasteiger partial charge on any atom is -0.378 e. The molecule has 2 N–H and O–H groups in total. The van der Waals surface area contributed by atoms with E-state index in [2.05, 4.69) is 6.92 Å². The van der Waals surface area contributed by atoms with Gasteiger partial charge in [0.05, 0.1) is 6.10 Å². The smallest absolute Gasteiger partial charge is 0.0593 e. The van der Waals surface area contributed by atoms with Gasteiger partial charge in [0, 0.05) is 12.1 Å². The molecule has 82 valence electrons. The molecule has 0 radical (unpaired) electrons. The van der Waals surface area contributed by atoms with Crippen LogP contribution in [0.25, 0.3) is 0 Å². The molecule has 0 aromatic rings. The fourth-order valence-corrected chi connectivity index (χ4v) is 3.06. The van der Waals surface area contributed by atoms with E-state index in [1.165, 1.54) is 38.5 Å². The Labute approximate surface area is 87.2 Å². The Balaban J connectivity index is 1.83. The number of hydrogen-bond acceptors (Lipinski definition) is 2. The van der Waals surface area contributed by atoms with Crippen LogP contribution in [0.1, 0.15) is 51.9 Å². The molecule has 1 heterocycles. The van der Waals surface area contributed by atoms with Crippen molar-refractivity contribution in [1.29, 1.82) is 0 Å². The Morgan fingerprint density at radius 3 is 2.86 bits per heavy atom. The molecule has 0 amide bonds. The van der Waals surface area contributed by atoms with Gasteiger partial charge in [-0.05, 0) is 44.4 Å². The number of ether oxygens (including phenoxy) is 1. The monoisotopic (exact) mass is 197 g/mol. The molecule has 14 heavy (non-hydrogen) atoms. The summed E-state index contributed by atoms with van der Waals surface area (Å²) in [5.74, 6) is 0.876. The molecular weight excluding hydrogens is 174 g/mol. The zero-order valence-corrected chi connectivity index (χ0v) is 9.30. The van der Waals surface area contributed by atoms with Gasteiger partial charge in [0.1, 0.15) is 0 Å². The summed E-state index contributed by atoms with van der Waals surface area (Å²) in [5.41, 5.74) is 6.53. The molecule has 2 fully saturated rings. The van der Waals surface area contributed by atoms with Gasteiger partial charge in [-0.3, -0.25) is 0 Å². The lowest BCUT2D eigenvalue weighted by molar-refractivity contribution is 0.0831. The van der Waals surface area contributed by atoms with E-state index in [1.807, 2.05) is 0 Å². The van der Waals surface area contributed by atoms with Crippen LogP contribution in [-0.2, 0) is 4.74 Å². The number of nitrogens with two attached hydrogens (primary N) is 1. The molecule has 2 rings (SSSR count). The first-order chi connectivity index (χ1) is 6.72. The standard InChI is InChI=1S/C12H23NO/c1-2-10-5-6-12(13,8-10)9-11-4-3-7-14-11/h10-11H,2-9,13H2,1H3. The van der Waals surface area contributed by atoms with E-state index in [4.69, 9.17) is 10.5 Å². The third-order valence-electron chi connectivity index (χ3n) is 3.98. The fourth-order valence-electron chi connectivity index (χ4n) is 3.06. The van der Waals surface area contributed by atoms with Crippen LogP contribution in [0.2, 0.25) is 0 Å². The molecule has 3 unspecified atom stereocenters. The SMILES string of the molecule is CCC1CCC(N)(CC2CCCO2)C1. The summed E-state index contributed by atoms with van der Waals surface area (Å²) in [7, 11) is 0. The molecular formula is C12H23NO. The summed E-state index contributed by atoms with van der Waals surface area (Å²) < 4.78 is 5.67. The molecule has 2 heteroatoms. The van der Waals surface area contributed by atoms with Gasteiger partial charge in [-0.25, -0.2) is 0 Å². The second-order valence-electron chi connectivity index (χ2n) is 5.22. The Morgan fingerprint density at radius 1 is 1.43 bits per heavy atom. The lowest BCUT2D eigenvalue weighted by atomic mass is 9.89. The maximum absolute atomic E-state index is 6.42. The fraction of sp³-hybridized carbons (Fsp3) is 1.00. The van der Waals surface area contributed by atoms with E-state index in [0.717, 1.165) is 18.9 Å². The van der Waals surface area contributed by atoms with Crippen molar-refractivity contribution in [3.8, 4) is 0 Å². The molecule has 0 bridgehead atoms. The summed E-state index contributed by atoms with van der Waals surface area (Å²) in [4.78, 5) is 0. The van der Waals surface area contributed by atoms with Crippen LogP contribution in [0.15, 0.2) is 0 Å². The van der Waals surface area contributed by atoms with Crippen LogP contribution in [0.5, 0.6) is 0 Å². The Bertz CT molecular complexity index is 189. The molecule has 1 saturated carbocycles. The van der Waals surface area contributed by atoms with Gasteiger partial charge in [0.2, 0.25) is 0 Å². The van der Waals surface area contributed by atoms with Crippen molar-refractivity contribution in [2.75, 3.05) is 6.61 Å².